The molecular formula is C23H20F5N3O4. The van der Waals surface area contributed by atoms with Gasteiger partial charge < -0.3 is 15.2 Å². The molecule has 0 saturated carbocycles. The molecule has 1 heterocycles. The zero-order chi connectivity index (χ0) is 25.9. The highest BCUT2D eigenvalue weighted by atomic mass is 19.4. The Morgan fingerprint density at radius 1 is 1.14 bits per heavy atom. The van der Waals surface area contributed by atoms with Crippen LogP contribution in [-0.2, 0) is 13.2 Å². The molecule has 1 amide bonds. The average Bonchev–Trinajstić information content (AvgIpc) is 3.13. The van der Waals surface area contributed by atoms with Crippen LogP contribution in [0.2, 0.25) is 0 Å². The minimum Gasteiger partial charge on any atom is -0.478 e. The zero-order valence-electron chi connectivity index (χ0n) is 18.4. The number of carboxylic acid groups (broad SMARTS) is 1. The number of amides is 1. The first-order valence-electron chi connectivity index (χ1n) is 10.3. The smallest absolute Gasteiger partial charge is 0.416 e. The first-order chi connectivity index (χ1) is 16.4. The van der Waals surface area contributed by atoms with Gasteiger partial charge in [0, 0.05) is 7.05 Å². The number of carbonyl (C=O) groups is 2. The fraction of sp³-hybridized carbons (Fsp3) is 0.261. The summed E-state index contributed by atoms with van der Waals surface area (Å²) in [6.45, 7) is 1.72. The Balaban J connectivity index is 1.95. The molecule has 0 spiro atoms. The molecule has 1 aromatic heterocycles. The molecule has 12 heteroatoms. The molecule has 1 atom stereocenters. The third kappa shape index (κ3) is 5.76. The number of ether oxygens (including phenoxy) is 1. The summed E-state index contributed by atoms with van der Waals surface area (Å²) in [6.07, 6.45) is -7.51. The van der Waals surface area contributed by atoms with E-state index in [9.17, 15) is 31.5 Å². The highest BCUT2D eigenvalue weighted by molar-refractivity contribution is 5.98. The van der Waals surface area contributed by atoms with Crippen LogP contribution in [0.15, 0.2) is 48.5 Å². The normalized spacial score (nSPS) is 12.5. The summed E-state index contributed by atoms with van der Waals surface area (Å²) in [5.41, 5.74) is -2.00. The van der Waals surface area contributed by atoms with Gasteiger partial charge in [0.2, 0.25) is 5.88 Å². The van der Waals surface area contributed by atoms with Gasteiger partial charge in [0.05, 0.1) is 17.2 Å². The minimum atomic E-state index is -4.66. The first-order valence-corrected chi connectivity index (χ1v) is 10.3. The molecule has 2 aromatic carbocycles. The number of carbonyl (C=O) groups excluding carboxylic acids is 1. The maximum atomic E-state index is 13.7. The second-order valence-electron chi connectivity index (χ2n) is 7.48. The van der Waals surface area contributed by atoms with E-state index in [1.807, 2.05) is 0 Å². The molecule has 0 saturated heterocycles. The fourth-order valence-corrected chi connectivity index (χ4v) is 3.37. The largest absolute Gasteiger partial charge is 0.478 e. The van der Waals surface area contributed by atoms with Crippen molar-refractivity contribution in [3.8, 4) is 11.6 Å². The van der Waals surface area contributed by atoms with Crippen molar-refractivity contribution in [1.82, 2.24) is 15.1 Å². The van der Waals surface area contributed by atoms with Gasteiger partial charge >= 0.3 is 12.1 Å². The number of alkyl halides is 5. The molecule has 3 rings (SSSR count). The summed E-state index contributed by atoms with van der Waals surface area (Å²) in [5, 5.41) is 15.3. The van der Waals surface area contributed by atoms with Crippen LogP contribution in [0.5, 0.6) is 11.6 Å². The molecule has 1 unspecified atom stereocenters. The lowest BCUT2D eigenvalue weighted by molar-refractivity contribution is -0.137. The van der Waals surface area contributed by atoms with E-state index in [2.05, 4.69) is 10.4 Å². The van der Waals surface area contributed by atoms with Crippen LogP contribution in [0, 0.1) is 0 Å². The van der Waals surface area contributed by atoms with Crippen LogP contribution in [0.1, 0.15) is 63.3 Å². The zero-order valence-corrected chi connectivity index (χ0v) is 18.4. The van der Waals surface area contributed by atoms with Crippen molar-refractivity contribution in [2.45, 2.75) is 32.0 Å². The Hall–Kier alpha value is -3.96. The third-order valence-electron chi connectivity index (χ3n) is 5.10. The van der Waals surface area contributed by atoms with Gasteiger partial charge in [0.1, 0.15) is 17.0 Å². The van der Waals surface area contributed by atoms with Crippen molar-refractivity contribution in [3.05, 3.63) is 76.5 Å². The number of aromatic carboxylic acids is 1. The van der Waals surface area contributed by atoms with Crippen molar-refractivity contribution in [1.29, 1.82) is 0 Å². The predicted octanol–water partition coefficient (Wildman–Crippen LogP) is 5.75. The standard InChI is InChI=1S/C23H20F5N3O4/c1-3-16(12-7-9-13(10-8-12)22(33)34)29-20(32)17-18(19(24)25)30-31(2)21(17)35-15-6-4-5-14(11-15)23(26,27)28/h4-11,16,19H,3H2,1-2H3,(H,29,32)(H,33,34). The monoisotopic (exact) mass is 497 g/mol. The number of hydrogen-bond acceptors (Lipinski definition) is 4. The third-order valence-corrected chi connectivity index (χ3v) is 5.10. The number of aromatic nitrogens is 2. The van der Waals surface area contributed by atoms with Crippen molar-refractivity contribution in [2.75, 3.05) is 0 Å². The Kier molecular flexibility index (Phi) is 7.42. The SMILES string of the molecule is CCC(NC(=O)c1c(C(F)F)nn(C)c1Oc1cccc(C(F)(F)F)c1)c1ccc(C(=O)O)cc1. The number of benzene rings is 2. The van der Waals surface area contributed by atoms with Gasteiger partial charge in [-0.05, 0) is 42.3 Å². The highest BCUT2D eigenvalue weighted by Crippen LogP contribution is 2.36. The van der Waals surface area contributed by atoms with Crippen molar-refractivity contribution >= 4 is 11.9 Å². The quantitative estimate of drug-likeness (QED) is 0.387. The predicted molar refractivity (Wildman–Crippen MR) is 114 cm³/mol. The van der Waals surface area contributed by atoms with E-state index in [-0.39, 0.29) is 11.3 Å². The molecule has 3 aromatic rings. The number of halogens is 5. The number of nitrogens with one attached hydrogen (secondary N) is 1. The van der Waals surface area contributed by atoms with E-state index in [0.717, 1.165) is 16.8 Å². The van der Waals surface area contributed by atoms with E-state index in [1.54, 1.807) is 6.92 Å². The van der Waals surface area contributed by atoms with E-state index in [4.69, 9.17) is 9.84 Å². The van der Waals surface area contributed by atoms with E-state index < -0.39 is 53.2 Å². The maximum absolute atomic E-state index is 13.7. The second-order valence-corrected chi connectivity index (χ2v) is 7.48. The Morgan fingerprint density at radius 2 is 1.80 bits per heavy atom. The van der Waals surface area contributed by atoms with Gasteiger partial charge in [-0.2, -0.15) is 18.3 Å². The lowest BCUT2D eigenvalue weighted by atomic mass is 10.0. The topological polar surface area (TPSA) is 93.5 Å². The molecule has 0 aliphatic carbocycles. The molecule has 7 nitrogen and oxygen atoms in total. The molecule has 35 heavy (non-hydrogen) atoms. The number of carboxylic acids is 1. The van der Waals surface area contributed by atoms with Gasteiger partial charge in [-0.25, -0.2) is 18.3 Å². The van der Waals surface area contributed by atoms with Gasteiger partial charge in [-0.1, -0.05) is 25.1 Å². The number of aryl methyl sites for hydroxylation is 1. The molecule has 0 aliphatic heterocycles. The van der Waals surface area contributed by atoms with Crippen LogP contribution in [-0.4, -0.2) is 26.8 Å². The summed E-state index contributed by atoms with van der Waals surface area (Å²) in [5.74, 6) is -2.91. The molecule has 0 aliphatic rings. The molecule has 0 radical (unpaired) electrons. The van der Waals surface area contributed by atoms with Gasteiger partial charge in [-0.3, -0.25) is 4.79 Å². The number of nitrogens with zero attached hydrogens (tertiary/aromatic N) is 2. The maximum Gasteiger partial charge on any atom is 0.416 e. The summed E-state index contributed by atoms with van der Waals surface area (Å²) < 4.78 is 72.8. The highest BCUT2D eigenvalue weighted by Gasteiger charge is 2.33. The fourth-order valence-electron chi connectivity index (χ4n) is 3.37. The van der Waals surface area contributed by atoms with Gasteiger partial charge in [-0.15, -0.1) is 0 Å². The molecule has 0 fully saturated rings. The Labute approximate surface area is 196 Å². The second kappa shape index (κ2) is 10.1. The molecular weight excluding hydrogens is 477 g/mol. The van der Waals surface area contributed by atoms with Crippen molar-refractivity contribution in [3.63, 3.8) is 0 Å². The average molecular weight is 497 g/mol. The summed E-state index contributed by atoms with van der Waals surface area (Å²) in [4.78, 5) is 24.1. The van der Waals surface area contributed by atoms with E-state index in [0.29, 0.717) is 18.1 Å². The Morgan fingerprint density at radius 3 is 2.34 bits per heavy atom. The summed E-state index contributed by atoms with van der Waals surface area (Å²) in [7, 11) is 1.22. The van der Waals surface area contributed by atoms with Crippen LogP contribution in [0.3, 0.4) is 0 Å². The number of rotatable bonds is 8. The van der Waals surface area contributed by atoms with E-state index in [1.165, 1.54) is 37.4 Å². The minimum absolute atomic E-state index is 0.0268. The molecule has 2 N–H and O–H groups in total. The molecule has 0 bridgehead atoms. The van der Waals surface area contributed by atoms with Crippen molar-refractivity contribution < 1.29 is 41.4 Å². The summed E-state index contributed by atoms with van der Waals surface area (Å²) in [6, 6.07) is 8.71. The van der Waals surface area contributed by atoms with Gasteiger partial charge in [0.15, 0.2) is 0 Å². The lowest BCUT2D eigenvalue weighted by Crippen LogP contribution is -2.29. The van der Waals surface area contributed by atoms with Crippen LogP contribution >= 0.6 is 0 Å². The number of hydrogen-bond donors (Lipinski definition) is 2. The van der Waals surface area contributed by atoms with Crippen LogP contribution < -0.4 is 10.1 Å². The Bertz CT molecular complexity index is 1220. The molecule has 186 valence electrons. The van der Waals surface area contributed by atoms with Crippen molar-refractivity contribution in [2.24, 2.45) is 7.05 Å². The van der Waals surface area contributed by atoms with Crippen LogP contribution in [0.4, 0.5) is 22.0 Å². The first kappa shape index (κ1) is 25.7. The van der Waals surface area contributed by atoms with Crippen LogP contribution in [0.25, 0.3) is 0 Å². The summed E-state index contributed by atoms with van der Waals surface area (Å²) >= 11 is 0. The van der Waals surface area contributed by atoms with E-state index >= 15 is 0 Å². The van der Waals surface area contributed by atoms with Gasteiger partial charge in [0.25, 0.3) is 12.3 Å². The lowest BCUT2D eigenvalue weighted by Gasteiger charge is -2.18.